The van der Waals surface area contributed by atoms with Crippen LogP contribution in [0.1, 0.15) is 30.1 Å². The highest BCUT2D eigenvalue weighted by Gasteiger charge is 2.20. The molecule has 0 aromatic heterocycles. The molecule has 0 fully saturated rings. The quantitative estimate of drug-likeness (QED) is 0.583. The van der Waals surface area contributed by atoms with Crippen LogP contribution in [0.2, 0.25) is 0 Å². The first-order valence-electron chi connectivity index (χ1n) is 8.67. The molecular formula is C21H21NO6. The van der Waals surface area contributed by atoms with Crippen molar-refractivity contribution in [2.24, 2.45) is 0 Å². The molecule has 0 radical (unpaired) electrons. The monoisotopic (exact) mass is 383 g/mol. The molecule has 2 aromatic rings. The lowest BCUT2D eigenvalue weighted by atomic mass is 10.0. The van der Waals surface area contributed by atoms with Gasteiger partial charge in [0.1, 0.15) is 0 Å². The van der Waals surface area contributed by atoms with Crippen LogP contribution in [0, 0.1) is 0 Å². The summed E-state index contributed by atoms with van der Waals surface area (Å²) >= 11 is 0. The fourth-order valence-corrected chi connectivity index (χ4v) is 2.40. The van der Waals surface area contributed by atoms with Crippen molar-refractivity contribution in [3.8, 4) is 11.1 Å². The summed E-state index contributed by atoms with van der Waals surface area (Å²) in [4.78, 5) is 46.6. The molecule has 1 N–H and O–H groups in total. The van der Waals surface area contributed by atoms with Crippen LogP contribution in [0.4, 0.5) is 4.79 Å². The van der Waals surface area contributed by atoms with E-state index in [4.69, 9.17) is 4.74 Å². The number of ether oxygens (including phenoxy) is 2. The summed E-state index contributed by atoms with van der Waals surface area (Å²) in [5, 5.41) is 1.90. The van der Waals surface area contributed by atoms with Crippen LogP contribution in [0.25, 0.3) is 11.1 Å². The standard InChI is InChI=1S/C21H21NO6/c1-14(20(25)22-21(26)27-2)28-19(24)13-12-18(23)17-10-8-16(9-11-17)15-6-4-3-5-7-15/h3-11,14H,12-13H2,1-2H3,(H,22,25,26)/t14-/m0/s1. The lowest BCUT2D eigenvalue weighted by Gasteiger charge is -2.12. The molecule has 0 heterocycles. The maximum atomic E-state index is 12.3. The summed E-state index contributed by atoms with van der Waals surface area (Å²) in [6, 6.07) is 16.9. The zero-order chi connectivity index (χ0) is 20.5. The Morgan fingerprint density at radius 2 is 1.50 bits per heavy atom. The van der Waals surface area contributed by atoms with Crippen molar-refractivity contribution < 1.29 is 28.7 Å². The fraction of sp³-hybridized carbons (Fsp3) is 0.238. The van der Waals surface area contributed by atoms with Crippen molar-refractivity contribution in [2.75, 3.05) is 7.11 Å². The van der Waals surface area contributed by atoms with Crippen molar-refractivity contribution >= 4 is 23.8 Å². The molecule has 2 amide bonds. The largest absolute Gasteiger partial charge is 0.453 e. The van der Waals surface area contributed by atoms with Crippen LogP contribution < -0.4 is 5.32 Å². The molecule has 0 spiro atoms. The van der Waals surface area contributed by atoms with E-state index in [9.17, 15) is 19.2 Å². The highest BCUT2D eigenvalue weighted by Crippen LogP contribution is 2.20. The smallest absolute Gasteiger partial charge is 0.413 e. The molecule has 2 aromatic carbocycles. The van der Waals surface area contributed by atoms with Crippen LogP contribution in [0.5, 0.6) is 0 Å². The molecule has 7 heteroatoms. The van der Waals surface area contributed by atoms with Crippen LogP contribution >= 0.6 is 0 Å². The highest BCUT2D eigenvalue weighted by atomic mass is 16.6. The number of carbonyl (C=O) groups excluding carboxylic acids is 4. The van der Waals surface area contributed by atoms with E-state index < -0.39 is 24.1 Å². The molecule has 0 aliphatic carbocycles. The number of Topliss-reactive ketones (excluding diaryl/α,β-unsaturated/α-hetero) is 1. The summed E-state index contributed by atoms with van der Waals surface area (Å²) in [7, 11) is 1.11. The van der Waals surface area contributed by atoms with Gasteiger partial charge in [0.25, 0.3) is 5.91 Å². The summed E-state index contributed by atoms with van der Waals surface area (Å²) in [5.74, 6) is -1.71. The molecule has 2 rings (SSSR count). The van der Waals surface area contributed by atoms with Crippen molar-refractivity contribution in [1.29, 1.82) is 0 Å². The van der Waals surface area contributed by atoms with Gasteiger partial charge in [-0.05, 0) is 18.1 Å². The van der Waals surface area contributed by atoms with Gasteiger partial charge in [-0.25, -0.2) is 4.79 Å². The molecule has 0 aliphatic heterocycles. The number of carbonyl (C=O) groups is 4. The molecule has 0 bridgehead atoms. The number of imide groups is 1. The number of benzene rings is 2. The molecule has 0 saturated heterocycles. The van der Waals surface area contributed by atoms with E-state index in [-0.39, 0.29) is 18.6 Å². The Labute approximate surface area is 162 Å². The minimum Gasteiger partial charge on any atom is -0.453 e. The lowest BCUT2D eigenvalue weighted by Crippen LogP contribution is -2.39. The predicted molar refractivity (Wildman–Crippen MR) is 102 cm³/mol. The number of alkyl carbamates (subject to hydrolysis) is 1. The number of ketones is 1. The number of esters is 1. The number of methoxy groups -OCH3 is 1. The number of rotatable bonds is 7. The summed E-state index contributed by atoms with van der Waals surface area (Å²) in [6.45, 7) is 1.32. The van der Waals surface area contributed by atoms with Crippen LogP contribution in [-0.2, 0) is 19.1 Å². The van der Waals surface area contributed by atoms with Gasteiger partial charge in [0.2, 0.25) is 0 Å². The van der Waals surface area contributed by atoms with E-state index in [1.165, 1.54) is 6.92 Å². The van der Waals surface area contributed by atoms with Crippen molar-refractivity contribution in [2.45, 2.75) is 25.9 Å². The predicted octanol–water partition coefficient (Wildman–Crippen LogP) is 3.13. The van der Waals surface area contributed by atoms with Crippen LogP contribution in [0.15, 0.2) is 54.6 Å². The average Bonchev–Trinajstić information content (AvgIpc) is 2.72. The van der Waals surface area contributed by atoms with Gasteiger partial charge < -0.3 is 9.47 Å². The van der Waals surface area contributed by atoms with Gasteiger partial charge in [-0.15, -0.1) is 0 Å². The van der Waals surface area contributed by atoms with Gasteiger partial charge in [0, 0.05) is 12.0 Å². The third-order valence-electron chi connectivity index (χ3n) is 3.96. The first kappa shape index (κ1) is 20.8. The second-order valence-electron chi connectivity index (χ2n) is 5.98. The van der Waals surface area contributed by atoms with Gasteiger partial charge in [-0.2, -0.15) is 0 Å². The second kappa shape index (κ2) is 10.0. The zero-order valence-corrected chi connectivity index (χ0v) is 15.6. The minimum atomic E-state index is -1.17. The second-order valence-corrected chi connectivity index (χ2v) is 5.98. The summed E-state index contributed by atoms with van der Waals surface area (Å²) in [5.41, 5.74) is 2.52. The Balaban J connectivity index is 1.83. The van der Waals surface area contributed by atoms with Crippen LogP contribution in [0.3, 0.4) is 0 Å². The molecule has 7 nitrogen and oxygen atoms in total. The first-order valence-corrected chi connectivity index (χ1v) is 8.67. The van der Waals surface area contributed by atoms with E-state index in [0.717, 1.165) is 18.2 Å². The normalized spacial score (nSPS) is 11.2. The van der Waals surface area contributed by atoms with E-state index in [2.05, 4.69) is 4.74 Å². The third kappa shape index (κ3) is 6.05. The van der Waals surface area contributed by atoms with Gasteiger partial charge >= 0.3 is 12.1 Å². The lowest BCUT2D eigenvalue weighted by molar-refractivity contribution is -0.154. The summed E-state index contributed by atoms with van der Waals surface area (Å²) in [6.07, 6.45) is -2.34. The SMILES string of the molecule is COC(=O)NC(=O)[C@H](C)OC(=O)CCC(=O)c1ccc(-c2ccccc2)cc1. The maximum absolute atomic E-state index is 12.3. The molecule has 28 heavy (non-hydrogen) atoms. The maximum Gasteiger partial charge on any atom is 0.413 e. The Hall–Kier alpha value is -3.48. The topological polar surface area (TPSA) is 98.8 Å². The van der Waals surface area contributed by atoms with Gasteiger partial charge in [-0.3, -0.25) is 19.7 Å². The van der Waals surface area contributed by atoms with Gasteiger partial charge in [-0.1, -0.05) is 54.6 Å². The van der Waals surface area contributed by atoms with Gasteiger partial charge in [0.05, 0.1) is 13.5 Å². The highest BCUT2D eigenvalue weighted by molar-refractivity contribution is 5.98. The van der Waals surface area contributed by atoms with E-state index in [1.807, 2.05) is 47.8 Å². The zero-order valence-electron chi connectivity index (χ0n) is 15.6. The van der Waals surface area contributed by atoms with E-state index in [1.54, 1.807) is 12.1 Å². The third-order valence-corrected chi connectivity index (χ3v) is 3.96. The first-order chi connectivity index (χ1) is 13.4. The molecule has 146 valence electrons. The Kier molecular flexibility index (Phi) is 7.45. The number of hydrogen-bond acceptors (Lipinski definition) is 6. The average molecular weight is 383 g/mol. The summed E-state index contributed by atoms with van der Waals surface area (Å²) < 4.78 is 9.19. The molecular weight excluding hydrogens is 362 g/mol. The molecule has 0 unspecified atom stereocenters. The van der Waals surface area contributed by atoms with Crippen molar-refractivity contribution in [3.05, 3.63) is 60.2 Å². The van der Waals surface area contributed by atoms with E-state index in [0.29, 0.717) is 5.56 Å². The number of nitrogens with one attached hydrogen (secondary N) is 1. The molecule has 0 saturated carbocycles. The minimum absolute atomic E-state index is 0.0468. The molecule has 0 aliphatic rings. The van der Waals surface area contributed by atoms with E-state index >= 15 is 0 Å². The van der Waals surface area contributed by atoms with Crippen molar-refractivity contribution in [1.82, 2.24) is 5.32 Å². The Bertz CT molecular complexity index is 845. The fourth-order valence-electron chi connectivity index (χ4n) is 2.40. The van der Waals surface area contributed by atoms with Gasteiger partial charge in [0.15, 0.2) is 11.9 Å². The number of hydrogen-bond donors (Lipinski definition) is 1. The van der Waals surface area contributed by atoms with Crippen molar-refractivity contribution in [3.63, 3.8) is 0 Å². The van der Waals surface area contributed by atoms with Crippen LogP contribution in [-0.4, -0.2) is 37.0 Å². The number of amides is 2. The Morgan fingerprint density at radius 1 is 0.893 bits per heavy atom. The Morgan fingerprint density at radius 3 is 2.11 bits per heavy atom. The molecule has 1 atom stereocenters.